The van der Waals surface area contributed by atoms with Gasteiger partial charge in [0.05, 0.1) is 10.6 Å². The van der Waals surface area contributed by atoms with Gasteiger partial charge in [-0.1, -0.05) is 25.8 Å². The number of hydrogen-bond acceptors (Lipinski definition) is 5. The molecule has 8 heteroatoms. The Balaban J connectivity index is 1.77. The fourth-order valence-corrected chi connectivity index (χ4v) is 5.14. The van der Waals surface area contributed by atoms with E-state index in [1.807, 2.05) is 0 Å². The molecule has 140 valence electrons. The summed E-state index contributed by atoms with van der Waals surface area (Å²) in [7, 11) is -3.59. The number of anilines is 1. The van der Waals surface area contributed by atoms with Crippen molar-refractivity contribution in [3.8, 4) is 0 Å². The molecule has 1 aromatic carbocycles. The van der Waals surface area contributed by atoms with Gasteiger partial charge in [0, 0.05) is 17.0 Å². The van der Waals surface area contributed by atoms with E-state index in [4.69, 9.17) is 0 Å². The minimum Gasteiger partial charge on any atom is -0.298 e. The molecule has 26 heavy (non-hydrogen) atoms. The molecule has 0 radical (unpaired) electrons. The summed E-state index contributed by atoms with van der Waals surface area (Å²) in [5.41, 5.74) is 1.39. The van der Waals surface area contributed by atoms with Crippen molar-refractivity contribution >= 4 is 32.4 Å². The topological polar surface area (TPSA) is 88.2 Å². The molecule has 3 rings (SSSR count). The Morgan fingerprint density at radius 1 is 1.19 bits per heavy atom. The number of hydrogen-bond donors (Lipinski definition) is 2. The fraction of sp³-hybridized carbons (Fsp3) is 0.444. The first-order valence-corrected chi connectivity index (χ1v) is 11.2. The van der Waals surface area contributed by atoms with Crippen molar-refractivity contribution in [2.75, 3.05) is 11.9 Å². The molecular formula is C18H23N3O3S2. The number of sulfonamides is 1. The third-order valence-corrected chi connectivity index (χ3v) is 6.92. The van der Waals surface area contributed by atoms with Gasteiger partial charge in [0.15, 0.2) is 5.13 Å². The average molecular weight is 394 g/mol. The molecule has 1 heterocycles. The predicted octanol–water partition coefficient (Wildman–Crippen LogP) is 3.35. The molecule has 0 atom stereocenters. The Bertz CT molecular complexity index is 865. The summed E-state index contributed by atoms with van der Waals surface area (Å²) in [5.74, 6) is -0.347. The molecule has 1 aromatic heterocycles. The van der Waals surface area contributed by atoms with Crippen LogP contribution in [-0.2, 0) is 22.9 Å². The molecule has 6 nitrogen and oxygen atoms in total. The van der Waals surface area contributed by atoms with Crippen LogP contribution in [0.2, 0.25) is 0 Å². The molecule has 0 saturated heterocycles. The standard InChI is InChI=1S/C18H23N3O3S2/c1-2-19-26(23,24)14-9-7-8-13(12-14)17(22)21-18-20-15-10-5-3-4-6-11-16(15)25-18/h7-9,12,19H,2-6,10-11H2,1H3,(H,20,21,22). The van der Waals surface area contributed by atoms with Gasteiger partial charge >= 0.3 is 0 Å². The van der Waals surface area contributed by atoms with Crippen molar-refractivity contribution < 1.29 is 13.2 Å². The van der Waals surface area contributed by atoms with Gasteiger partial charge in [-0.2, -0.15) is 0 Å². The zero-order valence-corrected chi connectivity index (χ0v) is 16.4. The van der Waals surface area contributed by atoms with Crippen LogP contribution in [0.15, 0.2) is 29.2 Å². The Kier molecular flexibility index (Phi) is 6.05. The third-order valence-electron chi connectivity index (χ3n) is 4.31. The number of benzene rings is 1. The second-order valence-corrected chi connectivity index (χ2v) is 9.14. The van der Waals surface area contributed by atoms with E-state index < -0.39 is 10.0 Å². The van der Waals surface area contributed by atoms with Gasteiger partial charge in [-0.3, -0.25) is 10.1 Å². The summed E-state index contributed by atoms with van der Waals surface area (Å²) >= 11 is 1.53. The van der Waals surface area contributed by atoms with Gasteiger partial charge in [-0.25, -0.2) is 18.1 Å². The van der Waals surface area contributed by atoms with Crippen LogP contribution in [-0.4, -0.2) is 25.9 Å². The minimum atomic E-state index is -3.59. The number of aromatic nitrogens is 1. The van der Waals surface area contributed by atoms with Crippen LogP contribution in [0.1, 0.15) is 53.5 Å². The molecule has 2 aromatic rings. The van der Waals surface area contributed by atoms with Crippen LogP contribution >= 0.6 is 11.3 Å². The number of amides is 1. The molecule has 1 amide bonds. The largest absolute Gasteiger partial charge is 0.298 e. The average Bonchev–Trinajstić information content (AvgIpc) is 2.95. The maximum atomic E-state index is 12.5. The molecule has 0 fully saturated rings. The van der Waals surface area contributed by atoms with Crippen LogP contribution in [0.4, 0.5) is 5.13 Å². The second kappa shape index (κ2) is 8.28. The van der Waals surface area contributed by atoms with Gasteiger partial charge in [-0.05, 0) is 43.9 Å². The zero-order chi connectivity index (χ0) is 18.6. The van der Waals surface area contributed by atoms with Crippen LogP contribution in [0.5, 0.6) is 0 Å². The first-order chi connectivity index (χ1) is 12.5. The quantitative estimate of drug-likeness (QED) is 0.815. The zero-order valence-electron chi connectivity index (χ0n) is 14.7. The molecular weight excluding hydrogens is 370 g/mol. The highest BCUT2D eigenvalue weighted by molar-refractivity contribution is 7.89. The van der Waals surface area contributed by atoms with Crippen molar-refractivity contribution in [2.24, 2.45) is 0 Å². The number of fused-ring (bicyclic) bond motifs is 1. The molecule has 1 aliphatic rings. The van der Waals surface area contributed by atoms with Crippen molar-refractivity contribution in [3.05, 3.63) is 40.4 Å². The maximum absolute atomic E-state index is 12.5. The number of aryl methyl sites for hydroxylation is 2. The van der Waals surface area contributed by atoms with Crippen molar-refractivity contribution in [1.82, 2.24) is 9.71 Å². The van der Waals surface area contributed by atoms with Gasteiger partial charge in [0.1, 0.15) is 0 Å². The molecule has 0 bridgehead atoms. The van der Waals surface area contributed by atoms with Gasteiger partial charge < -0.3 is 0 Å². The molecule has 0 saturated carbocycles. The van der Waals surface area contributed by atoms with Crippen molar-refractivity contribution in [3.63, 3.8) is 0 Å². The lowest BCUT2D eigenvalue weighted by Gasteiger charge is -2.07. The van der Waals surface area contributed by atoms with Crippen molar-refractivity contribution in [2.45, 2.75) is 50.3 Å². The van der Waals surface area contributed by atoms with Gasteiger partial charge in [0.2, 0.25) is 10.0 Å². The molecule has 1 aliphatic carbocycles. The SMILES string of the molecule is CCNS(=O)(=O)c1cccc(C(=O)Nc2nc3c(s2)CCCCCC3)c1. The molecule has 0 aliphatic heterocycles. The highest BCUT2D eigenvalue weighted by Crippen LogP contribution is 2.28. The third kappa shape index (κ3) is 4.49. The Morgan fingerprint density at radius 2 is 1.96 bits per heavy atom. The van der Waals surface area contributed by atoms with Crippen LogP contribution < -0.4 is 10.0 Å². The number of nitrogens with zero attached hydrogens (tertiary/aromatic N) is 1. The van der Waals surface area contributed by atoms with Crippen LogP contribution in [0.25, 0.3) is 0 Å². The number of carbonyl (C=O) groups excluding carboxylic acids is 1. The molecule has 0 spiro atoms. The normalized spacial score (nSPS) is 15.0. The summed E-state index contributed by atoms with van der Waals surface area (Å²) in [6.07, 6.45) is 6.73. The van der Waals surface area contributed by atoms with Gasteiger partial charge in [-0.15, -0.1) is 11.3 Å². The smallest absolute Gasteiger partial charge is 0.257 e. The minimum absolute atomic E-state index is 0.0819. The van der Waals surface area contributed by atoms with E-state index in [1.165, 1.54) is 41.2 Å². The van der Waals surface area contributed by atoms with E-state index in [1.54, 1.807) is 19.1 Å². The number of carbonyl (C=O) groups is 1. The Hall–Kier alpha value is -1.77. The number of rotatable bonds is 5. The Labute approximate surface area is 158 Å². The van der Waals surface area contributed by atoms with Crippen molar-refractivity contribution in [1.29, 1.82) is 0 Å². The summed E-state index contributed by atoms with van der Waals surface area (Å²) in [4.78, 5) is 18.4. The van der Waals surface area contributed by atoms with Gasteiger partial charge in [0.25, 0.3) is 5.91 Å². The lowest BCUT2D eigenvalue weighted by molar-refractivity contribution is 0.102. The van der Waals surface area contributed by atoms with Crippen LogP contribution in [0, 0.1) is 0 Å². The summed E-state index contributed by atoms with van der Waals surface area (Å²) in [5, 5.41) is 3.41. The lowest BCUT2D eigenvalue weighted by Crippen LogP contribution is -2.23. The van der Waals surface area contributed by atoms with E-state index in [0.717, 1.165) is 31.4 Å². The first kappa shape index (κ1) is 19.0. The fourth-order valence-electron chi connectivity index (χ4n) is 3.01. The van der Waals surface area contributed by atoms with E-state index in [2.05, 4.69) is 15.0 Å². The highest BCUT2D eigenvalue weighted by Gasteiger charge is 2.18. The molecule has 2 N–H and O–H groups in total. The predicted molar refractivity (Wildman–Crippen MR) is 103 cm³/mol. The van der Waals surface area contributed by atoms with E-state index in [-0.39, 0.29) is 10.8 Å². The monoisotopic (exact) mass is 393 g/mol. The number of thiazole rings is 1. The summed E-state index contributed by atoms with van der Waals surface area (Å²) in [6, 6.07) is 6.03. The summed E-state index contributed by atoms with van der Waals surface area (Å²) < 4.78 is 26.6. The summed E-state index contributed by atoms with van der Waals surface area (Å²) in [6.45, 7) is 2.01. The second-order valence-electron chi connectivity index (χ2n) is 6.29. The first-order valence-electron chi connectivity index (χ1n) is 8.89. The van der Waals surface area contributed by atoms with E-state index in [0.29, 0.717) is 17.2 Å². The van der Waals surface area contributed by atoms with E-state index in [9.17, 15) is 13.2 Å². The maximum Gasteiger partial charge on any atom is 0.257 e. The van der Waals surface area contributed by atoms with E-state index >= 15 is 0 Å². The molecule has 0 unspecified atom stereocenters. The Morgan fingerprint density at radius 3 is 2.73 bits per heavy atom. The highest BCUT2D eigenvalue weighted by atomic mass is 32.2. The number of nitrogens with one attached hydrogen (secondary N) is 2. The van der Waals surface area contributed by atoms with Crippen LogP contribution in [0.3, 0.4) is 0 Å². The lowest BCUT2D eigenvalue weighted by atomic mass is 10.0.